The van der Waals surface area contributed by atoms with E-state index < -0.39 is 0 Å². The minimum Gasteiger partial charge on any atom is -0.343 e. The zero-order chi connectivity index (χ0) is 18.1. The number of hydrogen-bond acceptors (Lipinski definition) is 3. The van der Waals surface area contributed by atoms with Crippen molar-refractivity contribution in [3.8, 4) is 0 Å². The molecule has 1 aliphatic heterocycles. The number of carbonyl (C=O) groups is 1. The van der Waals surface area contributed by atoms with E-state index in [-0.39, 0.29) is 5.91 Å². The molecule has 1 saturated carbocycles. The molecule has 0 N–H and O–H groups in total. The van der Waals surface area contributed by atoms with Gasteiger partial charge in [0.1, 0.15) is 0 Å². The molecule has 0 spiro atoms. The highest BCUT2D eigenvalue weighted by Gasteiger charge is 2.29. The zero-order valence-corrected chi connectivity index (χ0v) is 16.7. The summed E-state index contributed by atoms with van der Waals surface area (Å²) < 4.78 is 2.27. The van der Waals surface area contributed by atoms with Gasteiger partial charge in [0, 0.05) is 48.5 Å². The van der Waals surface area contributed by atoms with Gasteiger partial charge in [-0.25, -0.2) is 0 Å². The number of thiophene rings is 1. The molecule has 0 aromatic carbocycles. The molecule has 2 fully saturated rings. The smallest absolute Gasteiger partial charge is 0.255 e. The monoisotopic (exact) mass is 371 g/mol. The zero-order valence-electron chi connectivity index (χ0n) is 15.9. The summed E-state index contributed by atoms with van der Waals surface area (Å²) in [5.74, 6) is 0.210. The molecule has 3 heterocycles. The topological polar surface area (TPSA) is 28.5 Å². The summed E-state index contributed by atoms with van der Waals surface area (Å²) in [7, 11) is 0. The van der Waals surface area contributed by atoms with Crippen LogP contribution in [-0.2, 0) is 6.54 Å². The highest BCUT2D eigenvalue weighted by atomic mass is 32.1. The average Bonchev–Trinajstić information content (AvgIpc) is 3.40. The molecular formula is C21H29N3OS. The maximum absolute atomic E-state index is 13.1. The van der Waals surface area contributed by atoms with E-state index >= 15 is 0 Å². The lowest BCUT2D eigenvalue weighted by Gasteiger charge is -2.38. The van der Waals surface area contributed by atoms with Crippen molar-refractivity contribution in [2.75, 3.05) is 26.2 Å². The second kappa shape index (κ2) is 7.57. The Hall–Kier alpha value is -1.59. The number of piperazine rings is 1. The Labute approximate surface area is 160 Å². The predicted octanol–water partition coefficient (Wildman–Crippen LogP) is 3.92. The van der Waals surface area contributed by atoms with Gasteiger partial charge in [-0.1, -0.05) is 18.9 Å². The maximum atomic E-state index is 13.1. The Morgan fingerprint density at radius 1 is 1.15 bits per heavy atom. The fourth-order valence-electron chi connectivity index (χ4n) is 4.55. The van der Waals surface area contributed by atoms with Crippen LogP contribution in [-0.4, -0.2) is 52.5 Å². The second-order valence-electron chi connectivity index (χ2n) is 7.72. The van der Waals surface area contributed by atoms with Crippen molar-refractivity contribution < 1.29 is 4.79 Å². The van der Waals surface area contributed by atoms with Crippen LogP contribution < -0.4 is 0 Å². The van der Waals surface area contributed by atoms with Crippen LogP contribution in [0.2, 0.25) is 0 Å². The largest absolute Gasteiger partial charge is 0.343 e. The average molecular weight is 372 g/mol. The van der Waals surface area contributed by atoms with Gasteiger partial charge in [-0.3, -0.25) is 9.69 Å². The lowest BCUT2D eigenvalue weighted by molar-refractivity contribution is 0.0572. The molecule has 0 unspecified atom stereocenters. The van der Waals surface area contributed by atoms with Crippen LogP contribution >= 0.6 is 11.3 Å². The highest BCUT2D eigenvalue weighted by molar-refractivity contribution is 7.09. The molecule has 1 aliphatic carbocycles. The Morgan fingerprint density at radius 3 is 2.54 bits per heavy atom. The number of aromatic nitrogens is 1. The van der Waals surface area contributed by atoms with Crippen molar-refractivity contribution in [3.05, 3.63) is 45.4 Å². The number of aryl methyl sites for hydroxylation is 1. The molecule has 140 valence electrons. The molecule has 4 rings (SSSR count). The van der Waals surface area contributed by atoms with Crippen LogP contribution in [0.1, 0.15) is 52.3 Å². The van der Waals surface area contributed by atoms with Crippen LogP contribution in [0.4, 0.5) is 0 Å². The minimum atomic E-state index is 0.210. The molecular weight excluding hydrogens is 342 g/mol. The minimum absolute atomic E-state index is 0.210. The van der Waals surface area contributed by atoms with Gasteiger partial charge in [0.25, 0.3) is 5.91 Å². The summed E-state index contributed by atoms with van der Waals surface area (Å²) in [6, 6.07) is 7.09. The van der Waals surface area contributed by atoms with E-state index in [1.54, 1.807) is 11.3 Å². The fourth-order valence-corrected chi connectivity index (χ4v) is 5.24. The first-order valence-electron chi connectivity index (χ1n) is 9.86. The summed E-state index contributed by atoms with van der Waals surface area (Å²) in [5, 5.41) is 2.11. The van der Waals surface area contributed by atoms with Crippen LogP contribution in [0.5, 0.6) is 0 Å². The van der Waals surface area contributed by atoms with Gasteiger partial charge in [-0.05, 0) is 44.2 Å². The van der Waals surface area contributed by atoms with Gasteiger partial charge in [-0.2, -0.15) is 0 Å². The van der Waals surface area contributed by atoms with Crippen LogP contribution in [0.25, 0.3) is 0 Å². The first-order valence-corrected chi connectivity index (χ1v) is 10.7. The van der Waals surface area contributed by atoms with Crippen molar-refractivity contribution in [2.24, 2.45) is 0 Å². The van der Waals surface area contributed by atoms with Crippen molar-refractivity contribution >= 4 is 17.2 Å². The molecule has 2 aromatic rings. The number of carbonyl (C=O) groups excluding carboxylic acids is 1. The van der Waals surface area contributed by atoms with E-state index in [9.17, 15) is 4.79 Å². The Kier molecular flexibility index (Phi) is 5.18. The molecule has 0 radical (unpaired) electrons. The van der Waals surface area contributed by atoms with E-state index in [4.69, 9.17) is 0 Å². The van der Waals surface area contributed by atoms with Crippen LogP contribution in [0, 0.1) is 13.8 Å². The Bertz CT molecular complexity index is 751. The lowest BCUT2D eigenvalue weighted by Crippen LogP contribution is -2.51. The summed E-state index contributed by atoms with van der Waals surface area (Å²) >= 11 is 1.77. The first kappa shape index (κ1) is 17.8. The Balaban J connectivity index is 1.43. The number of rotatable bonds is 4. The molecule has 2 aliphatic rings. The van der Waals surface area contributed by atoms with Gasteiger partial charge >= 0.3 is 0 Å². The molecule has 26 heavy (non-hydrogen) atoms. The molecule has 1 saturated heterocycles. The molecule has 4 nitrogen and oxygen atoms in total. The highest BCUT2D eigenvalue weighted by Crippen LogP contribution is 2.25. The van der Waals surface area contributed by atoms with Crippen molar-refractivity contribution in [3.63, 3.8) is 0 Å². The summed E-state index contributed by atoms with van der Waals surface area (Å²) in [6.45, 7) is 8.85. The van der Waals surface area contributed by atoms with E-state index in [0.717, 1.165) is 50.0 Å². The van der Waals surface area contributed by atoms with E-state index in [1.807, 2.05) is 0 Å². The molecule has 0 atom stereocenters. The van der Waals surface area contributed by atoms with E-state index in [0.29, 0.717) is 0 Å². The number of amides is 1. The second-order valence-corrected chi connectivity index (χ2v) is 8.75. The van der Waals surface area contributed by atoms with Gasteiger partial charge in [-0.15, -0.1) is 11.3 Å². The normalized spacial score (nSPS) is 19.4. The van der Waals surface area contributed by atoms with E-state index in [2.05, 4.69) is 51.8 Å². The fraction of sp³-hybridized carbons (Fsp3) is 0.571. The third-order valence-electron chi connectivity index (χ3n) is 6.14. The van der Waals surface area contributed by atoms with Gasteiger partial charge in [0.05, 0.1) is 12.1 Å². The van der Waals surface area contributed by atoms with Crippen LogP contribution in [0.3, 0.4) is 0 Å². The predicted molar refractivity (Wildman–Crippen MR) is 107 cm³/mol. The number of nitrogens with zero attached hydrogens (tertiary/aromatic N) is 3. The Morgan fingerprint density at radius 2 is 1.88 bits per heavy atom. The van der Waals surface area contributed by atoms with Gasteiger partial charge in [0.15, 0.2) is 0 Å². The third kappa shape index (κ3) is 3.47. The number of hydrogen-bond donors (Lipinski definition) is 0. The van der Waals surface area contributed by atoms with Crippen molar-refractivity contribution in [2.45, 2.75) is 52.1 Å². The molecule has 2 aromatic heterocycles. The van der Waals surface area contributed by atoms with Gasteiger partial charge in [0.2, 0.25) is 0 Å². The quantitative estimate of drug-likeness (QED) is 0.815. The van der Waals surface area contributed by atoms with Crippen LogP contribution in [0.15, 0.2) is 23.6 Å². The molecule has 1 amide bonds. The summed E-state index contributed by atoms with van der Waals surface area (Å²) in [4.78, 5) is 19.1. The van der Waals surface area contributed by atoms with Crippen molar-refractivity contribution in [1.82, 2.24) is 14.4 Å². The third-order valence-corrected chi connectivity index (χ3v) is 7.00. The summed E-state index contributed by atoms with van der Waals surface area (Å²) in [5.41, 5.74) is 3.15. The molecule has 0 bridgehead atoms. The SMILES string of the molecule is Cc1cc(C(=O)N2CCN(C3CCCC3)CC2)c(C)n1Cc1cccs1. The summed E-state index contributed by atoms with van der Waals surface area (Å²) in [6.07, 6.45) is 5.44. The standard InChI is InChI=1S/C21H29N3OS/c1-16-14-20(17(2)24(16)15-19-8-5-13-26-19)21(25)23-11-9-22(10-12-23)18-6-3-4-7-18/h5,8,13-14,18H,3-4,6-7,9-12,15H2,1-2H3. The van der Waals surface area contributed by atoms with Crippen molar-refractivity contribution in [1.29, 1.82) is 0 Å². The van der Waals surface area contributed by atoms with Gasteiger partial charge < -0.3 is 9.47 Å². The van der Waals surface area contributed by atoms with E-state index in [1.165, 1.54) is 36.3 Å². The molecule has 5 heteroatoms. The first-order chi connectivity index (χ1) is 12.6. The maximum Gasteiger partial charge on any atom is 0.255 e. The lowest BCUT2D eigenvalue weighted by atomic mass is 10.1.